The number of piperazine rings is 1. The zero-order valence-corrected chi connectivity index (χ0v) is 16.4. The molecule has 1 aromatic rings. The molecule has 3 rings (SSSR count). The summed E-state index contributed by atoms with van der Waals surface area (Å²) in [5.41, 5.74) is 1.76. The number of rotatable bonds is 6. The second-order valence-electron chi connectivity index (χ2n) is 7.07. The fourth-order valence-corrected chi connectivity index (χ4v) is 3.99. The lowest BCUT2D eigenvalue weighted by atomic mass is 10.0. The molecule has 0 radical (unpaired) electrons. The van der Waals surface area contributed by atoms with E-state index in [4.69, 9.17) is 0 Å². The zero-order valence-electron chi connectivity index (χ0n) is 16.4. The predicted molar refractivity (Wildman–Crippen MR) is 107 cm³/mol. The number of nitrogens with zero attached hydrogens (tertiary/aromatic N) is 3. The van der Waals surface area contributed by atoms with Gasteiger partial charge in [0.15, 0.2) is 0 Å². The molecule has 1 saturated heterocycles. The molecule has 0 aromatic heterocycles. The van der Waals surface area contributed by atoms with Crippen LogP contribution in [-0.4, -0.2) is 59.9 Å². The van der Waals surface area contributed by atoms with Crippen molar-refractivity contribution in [3.05, 3.63) is 59.6 Å². The van der Waals surface area contributed by atoms with Gasteiger partial charge >= 0.3 is 0 Å². The van der Waals surface area contributed by atoms with Gasteiger partial charge in [0.1, 0.15) is 11.9 Å². The number of carbonyl (C=O) groups excluding carboxylic acids is 1. The van der Waals surface area contributed by atoms with Crippen molar-refractivity contribution >= 4 is 5.91 Å². The molecule has 4 nitrogen and oxygen atoms in total. The normalized spacial score (nSPS) is 19.3. The van der Waals surface area contributed by atoms with E-state index in [2.05, 4.69) is 9.80 Å². The summed E-state index contributed by atoms with van der Waals surface area (Å²) < 4.78 is 14.2. The van der Waals surface area contributed by atoms with Gasteiger partial charge in [0, 0.05) is 39.3 Å². The van der Waals surface area contributed by atoms with Crippen LogP contribution in [0, 0.1) is 0 Å². The van der Waals surface area contributed by atoms with Crippen LogP contribution in [0.5, 0.6) is 0 Å². The molecule has 1 aliphatic carbocycles. The van der Waals surface area contributed by atoms with Crippen molar-refractivity contribution in [3.63, 3.8) is 0 Å². The highest BCUT2D eigenvalue weighted by Gasteiger charge is 2.33. The molecule has 0 N–H and O–H groups in total. The van der Waals surface area contributed by atoms with Gasteiger partial charge in [0.2, 0.25) is 5.91 Å². The summed E-state index contributed by atoms with van der Waals surface area (Å²) in [5.74, 6) is 0.0520. The van der Waals surface area contributed by atoms with Crippen LogP contribution in [-0.2, 0) is 4.79 Å². The third-order valence-corrected chi connectivity index (χ3v) is 5.52. The summed E-state index contributed by atoms with van der Waals surface area (Å²) in [7, 11) is 0. The second-order valence-corrected chi connectivity index (χ2v) is 7.07. The third kappa shape index (κ3) is 4.41. The summed E-state index contributed by atoms with van der Waals surface area (Å²) in [6.45, 7) is 8.43. The van der Waals surface area contributed by atoms with Crippen molar-refractivity contribution in [3.8, 4) is 0 Å². The minimum absolute atomic E-state index is 0.103. The summed E-state index contributed by atoms with van der Waals surface area (Å²) in [6.07, 6.45) is 5.36. The van der Waals surface area contributed by atoms with Gasteiger partial charge in [-0.3, -0.25) is 9.69 Å². The number of hydrogen-bond acceptors (Lipinski definition) is 3. The van der Waals surface area contributed by atoms with Crippen molar-refractivity contribution in [2.45, 2.75) is 32.7 Å². The monoisotopic (exact) mass is 371 g/mol. The molecule has 1 atom stereocenters. The van der Waals surface area contributed by atoms with Crippen molar-refractivity contribution in [1.82, 2.24) is 14.7 Å². The maximum atomic E-state index is 14.2. The Morgan fingerprint density at radius 2 is 1.67 bits per heavy atom. The van der Waals surface area contributed by atoms with Gasteiger partial charge in [-0.1, -0.05) is 36.4 Å². The summed E-state index contributed by atoms with van der Waals surface area (Å²) in [5, 5.41) is 0. The highest BCUT2D eigenvalue weighted by molar-refractivity contribution is 5.83. The number of likely N-dealkylation sites (N-methyl/N-ethyl adjacent to an activating group) is 1. The lowest BCUT2D eigenvalue weighted by Gasteiger charge is -2.41. The quantitative estimate of drug-likeness (QED) is 0.762. The van der Waals surface area contributed by atoms with E-state index in [9.17, 15) is 9.18 Å². The Bertz CT molecular complexity index is 689. The first-order valence-corrected chi connectivity index (χ1v) is 10.0. The van der Waals surface area contributed by atoms with Gasteiger partial charge in [0.05, 0.1) is 5.70 Å². The zero-order chi connectivity index (χ0) is 19.2. The van der Waals surface area contributed by atoms with Gasteiger partial charge < -0.3 is 9.80 Å². The molecule has 146 valence electrons. The van der Waals surface area contributed by atoms with Gasteiger partial charge in [0.25, 0.3) is 0 Å². The van der Waals surface area contributed by atoms with Crippen LogP contribution in [0.15, 0.2) is 54.0 Å². The highest BCUT2D eigenvalue weighted by atomic mass is 19.1. The van der Waals surface area contributed by atoms with E-state index in [1.807, 2.05) is 55.2 Å². The largest absolute Gasteiger partial charge is 0.367 e. The topological polar surface area (TPSA) is 26.8 Å². The van der Waals surface area contributed by atoms with Crippen LogP contribution in [0.25, 0.3) is 0 Å². The SMILES string of the molecule is CCN(CC)C(=O)C(c1ccccc1)N1CCN(C2=CCCC=C2F)CC1. The van der Waals surface area contributed by atoms with E-state index in [0.29, 0.717) is 13.1 Å². The molecule has 1 heterocycles. The number of halogens is 1. The number of hydrogen-bond donors (Lipinski definition) is 0. The smallest absolute Gasteiger partial charge is 0.244 e. The van der Waals surface area contributed by atoms with E-state index in [1.54, 1.807) is 6.08 Å². The Labute approximate surface area is 161 Å². The van der Waals surface area contributed by atoms with Crippen LogP contribution < -0.4 is 0 Å². The molecule has 0 bridgehead atoms. The Kier molecular flexibility index (Phi) is 6.67. The number of allylic oxidation sites excluding steroid dienone is 3. The highest BCUT2D eigenvalue weighted by Crippen LogP contribution is 2.28. The molecule has 2 aliphatic rings. The Morgan fingerprint density at radius 1 is 1.04 bits per heavy atom. The first kappa shape index (κ1) is 19.6. The van der Waals surface area contributed by atoms with Gasteiger partial charge in [-0.25, -0.2) is 4.39 Å². The second kappa shape index (κ2) is 9.18. The number of carbonyl (C=O) groups is 1. The molecule has 1 unspecified atom stereocenters. The molecule has 1 fully saturated rings. The molecule has 1 aliphatic heterocycles. The van der Waals surface area contributed by atoms with E-state index in [1.165, 1.54) is 0 Å². The van der Waals surface area contributed by atoms with E-state index >= 15 is 0 Å². The van der Waals surface area contributed by atoms with Crippen LogP contribution in [0.4, 0.5) is 4.39 Å². The van der Waals surface area contributed by atoms with Gasteiger partial charge in [-0.2, -0.15) is 0 Å². The molecule has 0 saturated carbocycles. The van der Waals surface area contributed by atoms with Crippen LogP contribution in [0.1, 0.15) is 38.3 Å². The lowest BCUT2D eigenvalue weighted by molar-refractivity contribution is -0.137. The van der Waals surface area contributed by atoms with Crippen LogP contribution in [0.2, 0.25) is 0 Å². The Hall–Kier alpha value is -2.14. The molecule has 1 amide bonds. The fraction of sp³-hybridized carbons (Fsp3) is 0.500. The van der Waals surface area contributed by atoms with Crippen molar-refractivity contribution in [1.29, 1.82) is 0 Å². The third-order valence-electron chi connectivity index (χ3n) is 5.52. The molecule has 1 aromatic carbocycles. The summed E-state index contributed by atoms with van der Waals surface area (Å²) >= 11 is 0. The Balaban J connectivity index is 1.76. The van der Waals surface area contributed by atoms with Crippen molar-refractivity contribution < 1.29 is 9.18 Å². The van der Waals surface area contributed by atoms with Crippen LogP contribution in [0.3, 0.4) is 0 Å². The Morgan fingerprint density at radius 3 is 2.26 bits per heavy atom. The van der Waals surface area contributed by atoms with E-state index in [0.717, 1.165) is 50.3 Å². The van der Waals surface area contributed by atoms with Crippen LogP contribution >= 0.6 is 0 Å². The van der Waals surface area contributed by atoms with E-state index < -0.39 is 0 Å². The molecular weight excluding hydrogens is 341 g/mol. The average Bonchev–Trinajstić information content (AvgIpc) is 2.71. The summed E-state index contributed by atoms with van der Waals surface area (Å²) in [4.78, 5) is 19.5. The maximum absolute atomic E-state index is 14.2. The minimum atomic E-state index is -0.269. The van der Waals surface area contributed by atoms with Crippen molar-refractivity contribution in [2.24, 2.45) is 0 Å². The number of amides is 1. The van der Waals surface area contributed by atoms with Crippen molar-refractivity contribution in [2.75, 3.05) is 39.3 Å². The first-order valence-electron chi connectivity index (χ1n) is 10.0. The maximum Gasteiger partial charge on any atom is 0.244 e. The molecule has 5 heteroatoms. The molecule has 0 spiro atoms. The average molecular weight is 372 g/mol. The molecular formula is C22H30FN3O. The van der Waals surface area contributed by atoms with E-state index in [-0.39, 0.29) is 17.8 Å². The van der Waals surface area contributed by atoms with Gasteiger partial charge in [-0.15, -0.1) is 0 Å². The minimum Gasteiger partial charge on any atom is -0.367 e. The fourth-order valence-electron chi connectivity index (χ4n) is 3.99. The van der Waals surface area contributed by atoms with Gasteiger partial charge in [-0.05, 0) is 38.3 Å². The first-order chi connectivity index (χ1) is 13.2. The standard InChI is InChI=1S/C22H30FN3O/c1-3-24(4-2)22(27)21(18-10-6-5-7-11-18)26-16-14-25(15-17-26)20-13-9-8-12-19(20)23/h5-7,10-13,21H,3-4,8-9,14-17H2,1-2H3. The predicted octanol–water partition coefficient (Wildman–Crippen LogP) is 3.74. The lowest BCUT2D eigenvalue weighted by Crippen LogP contribution is -2.51. The number of benzene rings is 1. The molecule has 27 heavy (non-hydrogen) atoms. The summed E-state index contributed by atoms with van der Waals surface area (Å²) in [6, 6.07) is 9.75.